The molecule has 0 radical (unpaired) electrons. The third-order valence-corrected chi connectivity index (χ3v) is 4.23. The average molecular weight is 293 g/mol. The van der Waals surface area contributed by atoms with Gasteiger partial charge in [-0.3, -0.25) is 14.6 Å². The van der Waals surface area contributed by atoms with E-state index in [-0.39, 0.29) is 5.91 Å². The van der Waals surface area contributed by atoms with Gasteiger partial charge in [0.05, 0.1) is 13.1 Å². The first-order chi connectivity index (χ1) is 10.1. The third kappa shape index (κ3) is 4.28. The Labute approximate surface area is 127 Å². The standard InChI is InChI=1S/C15H27N5O/c1-4-20(5-2)15(21)13-19-10-8-18(9-11-19)12-14-16-6-7-17(14)3/h6-7H,4-5,8-13H2,1-3H3. The molecule has 0 N–H and O–H groups in total. The molecule has 1 aliphatic rings. The highest BCUT2D eigenvalue weighted by Crippen LogP contribution is 2.07. The molecule has 1 aliphatic heterocycles. The zero-order chi connectivity index (χ0) is 15.2. The quantitative estimate of drug-likeness (QED) is 0.762. The molecule has 0 saturated carbocycles. The molecule has 0 unspecified atom stereocenters. The molecule has 1 fully saturated rings. The molecule has 0 aromatic carbocycles. The van der Waals surface area contributed by atoms with E-state index in [1.807, 2.05) is 38.2 Å². The average Bonchev–Trinajstić information content (AvgIpc) is 2.88. The minimum atomic E-state index is 0.248. The van der Waals surface area contributed by atoms with Crippen molar-refractivity contribution in [2.45, 2.75) is 20.4 Å². The first-order valence-electron chi connectivity index (χ1n) is 7.82. The van der Waals surface area contributed by atoms with E-state index < -0.39 is 0 Å². The summed E-state index contributed by atoms with van der Waals surface area (Å²) in [7, 11) is 2.03. The summed E-state index contributed by atoms with van der Waals surface area (Å²) in [6.45, 7) is 11.0. The number of hydrogen-bond donors (Lipinski definition) is 0. The lowest BCUT2D eigenvalue weighted by Gasteiger charge is -2.35. The molecule has 0 aliphatic carbocycles. The zero-order valence-electron chi connectivity index (χ0n) is 13.5. The van der Waals surface area contributed by atoms with E-state index in [1.54, 1.807) is 0 Å². The van der Waals surface area contributed by atoms with E-state index in [0.29, 0.717) is 6.54 Å². The van der Waals surface area contributed by atoms with Gasteiger partial charge in [0.2, 0.25) is 5.91 Å². The van der Waals surface area contributed by atoms with Crippen LogP contribution in [0, 0.1) is 0 Å². The minimum Gasteiger partial charge on any atom is -0.342 e. The maximum absolute atomic E-state index is 12.1. The second-order valence-electron chi connectivity index (χ2n) is 5.57. The molecule has 6 nitrogen and oxygen atoms in total. The maximum atomic E-state index is 12.1. The van der Waals surface area contributed by atoms with Crippen molar-refractivity contribution in [2.24, 2.45) is 7.05 Å². The monoisotopic (exact) mass is 293 g/mol. The van der Waals surface area contributed by atoms with Crippen LogP contribution in [0.15, 0.2) is 12.4 Å². The van der Waals surface area contributed by atoms with E-state index >= 15 is 0 Å². The normalized spacial score (nSPS) is 17.1. The number of carbonyl (C=O) groups excluding carboxylic acids is 1. The lowest BCUT2D eigenvalue weighted by atomic mass is 10.3. The van der Waals surface area contributed by atoms with Crippen molar-refractivity contribution in [1.29, 1.82) is 0 Å². The number of likely N-dealkylation sites (N-methyl/N-ethyl adjacent to an activating group) is 1. The van der Waals surface area contributed by atoms with Gasteiger partial charge < -0.3 is 9.47 Å². The molecule has 1 aromatic rings. The summed E-state index contributed by atoms with van der Waals surface area (Å²) in [4.78, 5) is 23.0. The van der Waals surface area contributed by atoms with Crippen LogP contribution in [-0.4, -0.2) is 76.0 Å². The lowest BCUT2D eigenvalue weighted by molar-refractivity contribution is -0.132. The first-order valence-corrected chi connectivity index (χ1v) is 7.82. The third-order valence-electron chi connectivity index (χ3n) is 4.23. The predicted molar refractivity (Wildman–Crippen MR) is 82.9 cm³/mol. The van der Waals surface area contributed by atoms with Crippen LogP contribution >= 0.6 is 0 Å². The number of rotatable bonds is 6. The fourth-order valence-corrected chi connectivity index (χ4v) is 2.72. The molecule has 21 heavy (non-hydrogen) atoms. The van der Waals surface area contributed by atoms with Crippen LogP contribution in [0.2, 0.25) is 0 Å². The Morgan fingerprint density at radius 2 is 1.81 bits per heavy atom. The number of nitrogens with zero attached hydrogens (tertiary/aromatic N) is 5. The fraction of sp³-hybridized carbons (Fsp3) is 0.733. The Balaban J connectivity index is 1.75. The van der Waals surface area contributed by atoms with E-state index in [2.05, 4.69) is 19.4 Å². The molecule has 118 valence electrons. The maximum Gasteiger partial charge on any atom is 0.236 e. The summed E-state index contributed by atoms with van der Waals surface area (Å²) in [6.07, 6.45) is 3.82. The summed E-state index contributed by atoms with van der Waals surface area (Å²) < 4.78 is 2.07. The van der Waals surface area contributed by atoms with Gasteiger partial charge in [0.15, 0.2) is 0 Å². The Morgan fingerprint density at radius 1 is 1.19 bits per heavy atom. The highest BCUT2D eigenvalue weighted by Gasteiger charge is 2.21. The predicted octanol–water partition coefficient (Wildman–Crippen LogP) is 0.406. The van der Waals surface area contributed by atoms with Crippen molar-refractivity contribution in [2.75, 3.05) is 45.8 Å². The molecule has 1 saturated heterocycles. The molecule has 0 spiro atoms. The Hall–Kier alpha value is -1.40. The number of amides is 1. The molecule has 6 heteroatoms. The number of hydrogen-bond acceptors (Lipinski definition) is 4. The van der Waals surface area contributed by atoms with E-state index in [9.17, 15) is 4.79 Å². The highest BCUT2D eigenvalue weighted by molar-refractivity contribution is 5.78. The van der Waals surface area contributed by atoms with Crippen LogP contribution in [0.4, 0.5) is 0 Å². The van der Waals surface area contributed by atoms with Crippen molar-refractivity contribution >= 4 is 5.91 Å². The first kappa shape index (κ1) is 16.0. The second kappa shape index (κ2) is 7.56. The van der Waals surface area contributed by atoms with Crippen LogP contribution in [0.25, 0.3) is 0 Å². The largest absolute Gasteiger partial charge is 0.342 e. The van der Waals surface area contributed by atoms with Crippen LogP contribution < -0.4 is 0 Å². The Bertz CT molecular complexity index is 447. The summed E-state index contributed by atoms with van der Waals surface area (Å²) in [6, 6.07) is 0. The van der Waals surface area contributed by atoms with Crippen molar-refractivity contribution in [3.8, 4) is 0 Å². The SMILES string of the molecule is CCN(CC)C(=O)CN1CCN(Cc2nccn2C)CC1. The van der Waals surface area contributed by atoms with Gasteiger partial charge >= 0.3 is 0 Å². The molecule has 1 aromatic heterocycles. The van der Waals surface area contributed by atoms with Gasteiger partial charge in [-0.2, -0.15) is 0 Å². The van der Waals surface area contributed by atoms with E-state index in [4.69, 9.17) is 0 Å². The second-order valence-corrected chi connectivity index (χ2v) is 5.57. The van der Waals surface area contributed by atoms with Gasteiger partial charge in [0, 0.05) is 58.7 Å². The van der Waals surface area contributed by atoms with Crippen LogP contribution in [-0.2, 0) is 18.4 Å². The number of imidazole rings is 1. The van der Waals surface area contributed by atoms with Crippen molar-refractivity contribution < 1.29 is 4.79 Å². The Kier molecular flexibility index (Phi) is 5.76. The fourth-order valence-electron chi connectivity index (χ4n) is 2.72. The van der Waals surface area contributed by atoms with Gasteiger partial charge in [0.25, 0.3) is 0 Å². The zero-order valence-corrected chi connectivity index (χ0v) is 13.5. The molecule has 2 rings (SSSR count). The highest BCUT2D eigenvalue weighted by atomic mass is 16.2. The molecule has 0 atom stereocenters. The van der Waals surface area contributed by atoms with Gasteiger partial charge in [-0.05, 0) is 13.8 Å². The van der Waals surface area contributed by atoms with Crippen molar-refractivity contribution in [3.05, 3.63) is 18.2 Å². The number of aryl methyl sites for hydroxylation is 1. The van der Waals surface area contributed by atoms with Gasteiger partial charge in [0.1, 0.15) is 5.82 Å². The van der Waals surface area contributed by atoms with Gasteiger partial charge in [-0.1, -0.05) is 0 Å². The van der Waals surface area contributed by atoms with Gasteiger partial charge in [-0.25, -0.2) is 4.98 Å². The summed E-state index contributed by atoms with van der Waals surface area (Å²) >= 11 is 0. The van der Waals surface area contributed by atoms with Gasteiger partial charge in [-0.15, -0.1) is 0 Å². The number of aromatic nitrogens is 2. The van der Waals surface area contributed by atoms with Crippen molar-refractivity contribution in [1.82, 2.24) is 24.3 Å². The topological polar surface area (TPSA) is 44.6 Å². The molecule has 0 bridgehead atoms. The minimum absolute atomic E-state index is 0.248. The van der Waals surface area contributed by atoms with Crippen LogP contribution in [0.3, 0.4) is 0 Å². The lowest BCUT2D eigenvalue weighted by Crippen LogP contribution is -2.49. The van der Waals surface area contributed by atoms with Crippen molar-refractivity contribution in [3.63, 3.8) is 0 Å². The van der Waals surface area contributed by atoms with Crippen LogP contribution in [0.1, 0.15) is 19.7 Å². The molecule has 1 amide bonds. The molecular weight excluding hydrogens is 266 g/mol. The molecule has 2 heterocycles. The summed E-state index contributed by atoms with van der Waals surface area (Å²) in [5.41, 5.74) is 0. The Morgan fingerprint density at radius 3 is 2.33 bits per heavy atom. The van der Waals surface area contributed by atoms with Crippen LogP contribution in [0.5, 0.6) is 0 Å². The smallest absolute Gasteiger partial charge is 0.236 e. The molecular formula is C15H27N5O. The summed E-state index contributed by atoms with van der Waals surface area (Å²) in [5.74, 6) is 1.35. The number of carbonyl (C=O) groups is 1. The summed E-state index contributed by atoms with van der Waals surface area (Å²) in [5, 5.41) is 0. The van der Waals surface area contributed by atoms with E-state index in [1.165, 1.54) is 0 Å². The number of piperazine rings is 1. The van der Waals surface area contributed by atoms with E-state index in [0.717, 1.165) is 51.6 Å².